The summed E-state index contributed by atoms with van der Waals surface area (Å²) in [6.07, 6.45) is -0.101. The molecule has 0 saturated heterocycles. The summed E-state index contributed by atoms with van der Waals surface area (Å²) < 4.78 is 59.6. The van der Waals surface area contributed by atoms with Crippen LogP contribution in [-0.2, 0) is 6.18 Å². The van der Waals surface area contributed by atoms with Gasteiger partial charge >= 0.3 is 12.2 Å². The van der Waals surface area contributed by atoms with Gasteiger partial charge in [-0.1, -0.05) is 12.1 Å². The van der Waals surface area contributed by atoms with Gasteiger partial charge in [-0.3, -0.25) is 4.79 Å². The molecule has 14 heteroatoms. The van der Waals surface area contributed by atoms with Crippen molar-refractivity contribution in [2.75, 3.05) is 16.4 Å². The molecule has 3 aromatic heterocycles. The molecule has 0 bridgehead atoms. The molecule has 38 heavy (non-hydrogen) atoms. The summed E-state index contributed by atoms with van der Waals surface area (Å²) >= 11 is 0. The number of oxazole rings is 1. The van der Waals surface area contributed by atoms with Gasteiger partial charge in [0, 0.05) is 17.4 Å². The second kappa shape index (κ2) is 9.31. The molecule has 0 radical (unpaired) electrons. The first kappa shape index (κ1) is 24.4. The Labute approximate surface area is 210 Å². The van der Waals surface area contributed by atoms with Gasteiger partial charge in [0.2, 0.25) is 5.89 Å². The number of nitrogens with two attached hydrogens (primary N) is 1. The zero-order chi connectivity index (χ0) is 27.0. The zero-order valence-electron chi connectivity index (χ0n) is 19.0. The number of aldehydes is 1. The molecule has 0 fully saturated rings. The van der Waals surface area contributed by atoms with Gasteiger partial charge in [0.25, 0.3) is 0 Å². The maximum absolute atomic E-state index is 14.0. The van der Waals surface area contributed by atoms with Crippen LogP contribution in [0.2, 0.25) is 0 Å². The van der Waals surface area contributed by atoms with Gasteiger partial charge in [-0.15, -0.1) is 0 Å². The van der Waals surface area contributed by atoms with Crippen molar-refractivity contribution in [1.29, 1.82) is 0 Å². The number of hydrogen-bond acceptors (Lipinski definition) is 7. The molecule has 5 rings (SSSR count). The second-order valence-corrected chi connectivity index (χ2v) is 7.90. The first-order chi connectivity index (χ1) is 18.1. The number of nitrogens with zero attached hydrogens (tertiary/aromatic N) is 4. The monoisotopic (exact) mass is 525 g/mol. The number of anilines is 3. The van der Waals surface area contributed by atoms with Crippen LogP contribution in [0, 0.1) is 5.82 Å². The molecule has 2 aromatic carbocycles. The Balaban J connectivity index is 1.43. The Hall–Kier alpha value is -5.27. The van der Waals surface area contributed by atoms with Crippen LogP contribution >= 0.6 is 0 Å². The molecule has 0 unspecified atom stereocenters. The summed E-state index contributed by atoms with van der Waals surface area (Å²) in [5.74, 6) is -0.731. The number of benzene rings is 2. The molecule has 0 aliphatic heterocycles. The van der Waals surface area contributed by atoms with E-state index in [1.807, 2.05) is 0 Å². The Bertz CT molecular complexity index is 1680. The van der Waals surface area contributed by atoms with Crippen LogP contribution < -0.4 is 16.4 Å². The van der Waals surface area contributed by atoms with E-state index in [-0.39, 0.29) is 23.1 Å². The summed E-state index contributed by atoms with van der Waals surface area (Å²) in [5, 5.41) is 8.65. The number of aromatic nitrogens is 4. The van der Waals surface area contributed by atoms with Crippen molar-refractivity contribution in [3.8, 4) is 22.6 Å². The van der Waals surface area contributed by atoms with E-state index < -0.39 is 29.3 Å². The van der Waals surface area contributed by atoms with E-state index in [9.17, 15) is 27.2 Å². The van der Waals surface area contributed by atoms with Crippen molar-refractivity contribution >= 4 is 35.0 Å². The number of alkyl halides is 3. The molecule has 0 aliphatic carbocycles. The number of halogens is 4. The number of amides is 2. The van der Waals surface area contributed by atoms with Gasteiger partial charge in [0.05, 0.1) is 16.8 Å². The minimum absolute atomic E-state index is 0.0861. The van der Waals surface area contributed by atoms with Crippen molar-refractivity contribution in [2.45, 2.75) is 6.18 Å². The first-order valence-electron chi connectivity index (χ1n) is 10.7. The van der Waals surface area contributed by atoms with E-state index >= 15 is 0 Å². The van der Waals surface area contributed by atoms with Crippen LogP contribution in [-0.4, -0.2) is 31.9 Å². The molecular weight excluding hydrogens is 510 g/mol. The predicted octanol–water partition coefficient (Wildman–Crippen LogP) is 5.25. The lowest BCUT2D eigenvalue weighted by Crippen LogP contribution is -2.20. The molecule has 10 nitrogen and oxygen atoms in total. The van der Waals surface area contributed by atoms with E-state index in [4.69, 9.17) is 10.2 Å². The largest absolute Gasteiger partial charge is 0.444 e. The number of rotatable bonds is 5. The molecule has 3 heterocycles. The number of fused-ring (bicyclic) bond motifs is 1. The average Bonchev–Trinajstić information content (AvgIpc) is 3.51. The highest BCUT2D eigenvalue weighted by atomic mass is 19.4. The predicted molar refractivity (Wildman–Crippen MR) is 128 cm³/mol. The van der Waals surface area contributed by atoms with E-state index in [2.05, 4.69) is 25.7 Å². The topological polar surface area (TPSA) is 140 Å². The molecule has 0 atom stereocenters. The highest BCUT2D eigenvalue weighted by molar-refractivity contribution is 6.01. The van der Waals surface area contributed by atoms with Gasteiger partial charge in [0.1, 0.15) is 29.6 Å². The fraction of sp³-hybridized carbons (Fsp3) is 0.0417. The van der Waals surface area contributed by atoms with Gasteiger partial charge in [0.15, 0.2) is 12.1 Å². The van der Waals surface area contributed by atoms with Crippen LogP contribution in [0.4, 0.5) is 39.5 Å². The van der Waals surface area contributed by atoms with E-state index in [0.29, 0.717) is 46.7 Å². The van der Waals surface area contributed by atoms with Crippen LogP contribution in [0.25, 0.3) is 28.1 Å². The fourth-order valence-corrected chi connectivity index (χ4v) is 3.76. The average molecular weight is 525 g/mol. The van der Waals surface area contributed by atoms with Crippen molar-refractivity contribution in [2.24, 2.45) is 0 Å². The second-order valence-electron chi connectivity index (χ2n) is 7.90. The Morgan fingerprint density at radius 2 is 1.87 bits per heavy atom. The summed E-state index contributed by atoms with van der Waals surface area (Å²) in [6.45, 7) is 0. The molecule has 0 saturated carbocycles. The number of carbonyl (C=O) groups excluding carboxylic acids is 2. The van der Waals surface area contributed by atoms with Crippen LogP contribution in [0.3, 0.4) is 0 Å². The fourth-order valence-electron chi connectivity index (χ4n) is 3.76. The number of carbonyl (C=O) groups is 2. The molecule has 4 N–H and O–H groups in total. The van der Waals surface area contributed by atoms with Crippen LogP contribution in [0.15, 0.2) is 65.7 Å². The summed E-state index contributed by atoms with van der Waals surface area (Å²) in [6, 6.07) is 7.01. The highest BCUT2D eigenvalue weighted by Gasteiger charge is 2.31. The van der Waals surface area contributed by atoms with Gasteiger partial charge in [-0.05, 0) is 35.9 Å². The SMILES string of the molecule is Nc1ncnn2cc(-c3nc(C=O)co3)c(-c3ccc(NC(=O)Nc4cc(C(F)(F)F)ccc4F)cc3)c12. The lowest BCUT2D eigenvalue weighted by Gasteiger charge is -2.12. The Kier molecular flexibility index (Phi) is 5.98. The van der Waals surface area contributed by atoms with Crippen molar-refractivity contribution in [3.63, 3.8) is 0 Å². The number of nitrogens with one attached hydrogen (secondary N) is 2. The van der Waals surface area contributed by atoms with Crippen molar-refractivity contribution in [1.82, 2.24) is 19.6 Å². The van der Waals surface area contributed by atoms with Crippen molar-refractivity contribution in [3.05, 3.63) is 78.3 Å². The maximum Gasteiger partial charge on any atom is 0.416 e. The first-order valence-corrected chi connectivity index (χ1v) is 10.7. The number of urea groups is 1. The smallest absolute Gasteiger partial charge is 0.416 e. The Morgan fingerprint density at radius 1 is 1.11 bits per heavy atom. The number of hydrogen-bond donors (Lipinski definition) is 3. The quantitative estimate of drug-likeness (QED) is 0.210. The van der Waals surface area contributed by atoms with Crippen LogP contribution in [0.1, 0.15) is 16.1 Å². The molecule has 0 aliphatic rings. The van der Waals surface area contributed by atoms with Gasteiger partial charge in [-0.25, -0.2) is 23.7 Å². The molecule has 2 amide bonds. The van der Waals surface area contributed by atoms with Crippen molar-refractivity contribution < 1.29 is 31.6 Å². The minimum atomic E-state index is -4.70. The highest BCUT2D eigenvalue weighted by Crippen LogP contribution is 2.38. The molecule has 192 valence electrons. The van der Waals surface area contributed by atoms with E-state index in [1.54, 1.807) is 18.3 Å². The van der Waals surface area contributed by atoms with Crippen LogP contribution in [0.5, 0.6) is 0 Å². The third kappa shape index (κ3) is 4.61. The van der Waals surface area contributed by atoms with Gasteiger partial charge in [-0.2, -0.15) is 18.3 Å². The molecule has 0 spiro atoms. The third-order valence-corrected chi connectivity index (χ3v) is 5.45. The lowest BCUT2D eigenvalue weighted by atomic mass is 10.0. The Morgan fingerprint density at radius 3 is 2.55 bits per heavy atom. The minimum Gasteiger partial charge on any atom is -0.444 e. The summed E-state index contributed by atoms with van der Waals surface area (Å²) in [5.41, 5.74) is 6.71. The normalized spacial score (nSPS) is 11.5. The van der Waals surface area contributed by atoms with E-state index in [1.165, 1.54) is 29.2 Å². The summed E-state index contributed by atoms with van der Waals surface area (Å²) in [4.78, 5) is 31.6. The van der Waals surface area contributed by atoms with E-state index in [0.717, 1.165) is 0 Å². The lowest BCUT2D eigenvalue weighted by molar-refractivity contribution is -0.137. The number of nitrogen functional groups attached to an aromatic ring is 1. The standard InChI is InChI=1S/C24H15F4N7O3/c25-17-6-3-13(24(26,27)28)7-18(17)34-23(37)33-14-4-1-12(2-5-14)19-16(22-32-15(9-36)10-38-22)8-35-20(19)21(29)30-11-31-35/h1-11H,(H2,29,30,31)(H2,33,34,37). The third-order valence-electron chi connectivity index (χ3n) is 5.45. The zero-order valence-corrected chi connectivity index (χ0v) is 19.0. The maximum atomic E-state index is 14.0. The molecular formula is C24H15F4N7O3. The molecule has 5 aromatic rings. The summed E-state index contributed by atoms with van der Waals surface area (Å²) in [7, 11) is 0. The van der Waals surface area contributed by atoms with Gasteiger partial charge < -0.3 is 20.8 Å².